The molecule has 19 heavy (non-hydrogen) atoms. The van der Waals surface area contributed by atoms with E-state index in [-0.39, 0.29) is 11.8 Å². The highest BCUT2D eigenvalue weighted by Gasteiger charge is 2.47. The predicted octanol–water partition coefficient (Wildman–Crippen LogP) is 2.08. The lowest BCUT2D eigenvalue weighted by atomic mass is 9.90. The molecule has 0 aromatic heterocycles. The lowest BCUT2D eigenvalue weighted by molar-refractivity contribution is -0.161. The minimum atomic E-state index is 0.0300. The molecule has 2 heterocycles. The van der Waals surface area contributed by atoms with E-state index in [4.69, 9.17) is 14.2 Å². The Balaban J connectivity index is 1.36. The predicted molar refractivity (Wildman–Crippen MR) is 73.0 cm³/mol. The van der Waals surface area contributed by atoms with Gasteiger partial charge < -0.3 is 19.5 Å². The van der Waals surface area contributed by atoms with Crippen LogP contribution in [0.3, 0.4) is 0 Å². The Morgan fingerprint density at radius 1 is 1.16 bits per heavy atom. The summed E-state index contributed by atoms with van der Waals surface area (Å²) >= 11 is 0. The van der Waals surface area contributed by atoms with E-state index in [2.05, 4.69) is 12.2 Å². The van der Waals surface area contributed by atoms with Gasteiger partial charge in [-0.3, -0.25) is 0 Å². The standard InChI is InChI=1S/C15H27NO3/c1-15(7-10-19-14(15)12-5-6-12)16-8-11-18-13-4-2-3-9-17-13/h12-14,16H,2-11H2,1H3. The molecule has 110 valence electrons. The molecule has 0 amide bonds. The molecule has 0 radical (unpaired) electrons. The minimum absolute atomic E-state index is 0.0300. The Labute approximate surface area is 116 Å². The number of nitrogens with one attached hydrogen (secondary N) is 1. The normalized spacial score (nSPS) is 39.6. The molecule has 4 nitrogen and oxygen atoms in total. The van der Waals surface area contributed by atoms with Gasteiger partial charge in [0.05, 0.1) is 12.7 Å². The fourth-order valence-electron chi connectivity index (χ4n) is 3.34. The van der Waals surface area contributed by atoms with Crippen molar-refractivity contribution in [1.29, 1.82) is 0 Å². The van der Waals surface area contributed by atoms with Gasteiger partial charge in [-0.2, -0.15) is 0 Å². The van der Waals surface area contributed by atoms with Gasteiger partial charge in [-0.1, -0.05) is 0 Å². The third kappa shape index (κ3) is 3.48. The highest BCUT2D eigenvalue weighted by Crippen LogP contribution is 2.43. The first kappa shape index (κ1) is 13.8. The minimum Gasteiger partial charge on any atom is -0.376 e. The van der Waals surface area contributed by atoms with Crippen LogP contribution in [0.25, 0.3) is 0 Å². The molecule has 1 N–H and O–H groups in total. The monoisotopic (exact) mass is 269 g/mol. The van der Waals surface area contributed by atoms with Gasteiger partial charge in [-0.05, 0) is 51.4 Å². The molecule has 3 atom stereocenters. The lowest BCUT2D eigenvalue weighted by Crippen LogP contribution is -2.51. The smallest absolute Gasteiger partial charge is 0.157 e. The van der Waals surface area contributed by atoms with Crippen molar-refractivity contribution in [2.75, 3.05) is 26.4 Å². The second-order valence-electron chi connectivity index (χ2n) is 6.39. The van der Waals surface area contributed by atoms with Crippen LogP contribution in [0.1, 0.15) is 45.4 Å². The number of ether oxygens (including phenoxy) is 3. The fourth-order valence-corrected chi connectivity index (χ4v) is 3.34. The third-order valence-corrected chi connectivity index (χ3v) is 4.67. The molecule has 1 aliphatic carbocycles. The molecule has 0 bridgehead atoms. The van der Waals surface area contributed by atoms with Gasteiger partial charge in [0.2, 0.25) is 0 Å². The highest BCUT2D eigenvalue weighted by molar-refractivity contribution is 5.02. The maximum atomic E-state index is 5.91. The Morgan fingerprint density at radius 3 is 2.79 bits per heavy atom. The Kier molecular flexibility index (Phi) is 4.42. The van der Waals surface area contributed by atoms with E-state index in [9.17, 15) is 0 Å². The molecule has 3 aliphatic rings. The van der Waals surface area contributed by atoms with Gasteiger partial charge in [0.15, 0.2) is 6.29 Å². The number of rotatable bonds is 6. The third-order valence-electron chi connectivity index (χ3n) is 4.67. The molecule has 3 unspecified atom stereocenters. The van der Waals surface area contributed by atoms with Crippen molar-refractivity contribution in [3.05, 3.63) is 0 Å². The molecule has 0 aromatic carbocycles. The van der Waals surface area contributed by atoms with E-state index in [0.29, 0.717) is 6.10 Å². The highest BCUT2D eigenvalue weighted by atomic mass is 16.7. The van der Waals surface area contributed by atoms with Crippen molar-refractivity contribution in [3.8, 4) is 0 Å². The first-order valence-corrected chi connectivity index (χ1v) is 7.88. The van der Waals surface area contributed by atoms with E-state index >= 15 is 0 Å². The summed E-state index contributed by atoms with van der Waals surface area (Å²) in [5.41, 5.74) is 0.151. The van der Waals surface area contributed by atoms with Crippen molar-refractivity contribution < 1.29 is 14.2 Å². The Hall–Kier alpha value is -0.160. The summed E-state index contributed by atoms with van der Waals surface area (Å²) in [5, 5.41) is 3.66. The van der Waals surface area contributed by atoms with Crippen molar-refractivity contribution in [2.24, 2.45) is 5.92 Å². The SMILES string of the molecule is CC1(NCCOC2CCCCO2)CCOC1C1CC1. The van der Waals surface area contributed by atoms with Crippen molar-refractivity contribution in [1.82, 2.24) is 5.32 Å². The molecule has 2 aliphatic heterocycles. The molecular formula is C15H27NO3. The van der Waals surface area contributed by atoms with Gasteiger partial charge in [-0.15, -0.1) is 0 Å². The number of hydrogen-bond acceptors (Lipinski definition) is 4. The molecule has 0 spiro atoms. The summed E-state index contributed by atoms with van der Waals surface area (Å²) in [4.78, 5) is 0. The molecule has 0 aromatic rings. The average Bonchev–Trinajstić information content (AvgIpc) is 3.20. The van der Waals surface area contributed by atoms with Crippen LogP contribution in [0, 0.1) is 5.92 Å². The molecular weight excluding hydrogens is 242 g/mol. The van der Waals surface area contributed by atoms with Crippen LogP contribution in [0.15, 0.2) is 0 Å². The van der Waals surface area contributed by atoms with Gasteiger partial charge in [0, 0.05) is 25.3 Å². The van der Waals surface area contributed by atoms with E-state index < -0.39 is 0 Å². The summed E-state index contributed by atoms with van der Waals surface area (Å²) in [6, 6.07) is 0. The summed E-state index contributed by atoms with van der Waals surface area (Å²) in [6.07, 6.45) is 7.70. The lowest BCUT2D eigenvalue weighted by Gasteiger charge is -2.32. The van der Waals surface area contributed by atoms with Gasteiger partial charge >= 0.3 is 0 Å². The van der Waals surface area contributed by atoms with Crippen LogP contribution in [-0.4, -0.2) is 44.3 Å². The van der Waals surface area contributed by atoms with E-state index in [0.717, 1.165) is 45.1 Å². The first-order chi connectivity index (χ1) is 9.28. The second-order valence-corrected chi connectivity index (χ2v) is 6.39. The van der Waals surface area contributed by atoms with Crippen LogP contribution >= 0.6 is 0 Å². The van der Waals surface area contributed by atoms with Crippen LogP contribution in [0.4, 0.5) is 0 Å². The second kappa shape index (κ2) is 6.08. The molecule has 3 rings (SSSR count). The quantitative estimate of drug-likeness (QED) is 0.749. The van der Waals surface area contributed by atoms with Crippen LogP contribution in [0.5, 0.6) is 0 Å². The largest absolute Gasteiger partial charge is 0.376 e. The topological polar surface area (TPSA) is 39.7 Å². The molecule has 3 fully saturated rings. The number of hydrogen-bond donors (Lipinski definition) is 1. The van der Waals surface area contributed by atoms with Crippen molar-refractivity contribution in [2.45, 2.75) is 63.4 Å². The Bertz CT molecular complexity index is 289. The summed E-state index contributed by atoms with van der Waals surface area (Å²) in [7, 11) is 0. The zero-order chi connectivity index (χ0) is 13.1. The van der Waals surface area contributed by atoms with Crippen molar-refractivity contribution in [3.63, 3.8) is 0 Å². The average molecular weight is 269 g/mol. The summed E-state index contributed by atoms with van der Waals surface area (Å²) in [6.45, 7) is 5.69. The van der Waals surface area contributed by atoms with Crippen LogP contribution < -0.4 is 5.32 Å². The first-order valence-electron chi connectivity index (χ1n) is 7.88. The van der Waals surface area contributed by atoms with Crippen molar-refractivity contribution >= 4 is 0 Å². The van der Waals surface area contributed by atoms with Crippen LogP contribution in [0.2, 0.25) is 0 Å². The maximum Gasteiger partial charge on any atom is 0.157 e. The van der Waals surface area contributed by atoms with Crippen LogP contribution in [-0.2, 0) is 14.2 Å². The summed E-state index contributed by atoms with van der Waals surface area (Å²) in [5.74, 6) is 0.794. The molecule has 4 heteroatoms. The zero-order valence-electron chi connectivity index (χ0n) is 12.0. The Morgan fingerprint density at radius 2 is 2.05 bits per heavy atom. The van der Waals surface area contributed by atoms with Gasteiger partial charge in [-0.25, -0.2) is 0 Å². The van der Waals surface area contributed by atoms with E-state index in [1.54, 1.807) is 0 Å². The van der Waals surface area contributed by atoms with Gasteiger partial charge in [0.1, 0.15) is 0 Å². The maximum absolute atomic E-state index is 5.91. The molecule has 1 saturated carbocycles. The summed E-state index contributed by atoms with van der Waals surface area (Å²) < 4.78 is 17.3. The van der Waals surface area contributed by atoms with Gasteiger partial charge in [0.25, 0.3) is 0 Å². The van der Waals surface area contributed by atoms with E-state index in [1.165, 1.54) is 25.7 Å². The molecule has 2 saturated heterocycles. The fraction of sp³-hybridized carbons (Fsp3) is 1.00. The zero-order valence-corrected chi connectivity index (χ0v) is 12.0. The van der Waals surface area contributed by atoms with E-state index in [1.807, 2.05) is 0 Å².